The average molecular weight is 476 g/mol. The SMILES string of the molecule is Cc1cccc(Cl)c1NC(=O)C(c1ccccc1O)N(C)C(=O)C(C)NC(=O)OC(C)(C)C. The fourth-order valence-electron chi connectivity index (χ4n) is 3.21. The molecule has 33 heavy (non-hydrogen) atoms. The van der Waals surface area contributed by atoms with E-state index >= 15 is 0 Å². The molecule has 178 valence electrons. The van der Waals surface area contributed by atoms with Crippen molar-refractivity contribution in [2.75, 3.05) is 12.4 Å². The molecule has 9 heteroatoms. The summed E-state index contributed by atoms with van der Waals surface area (Å²) in [5.74, 6) is -1.28. The quantitative estimate of drug-likeness (QED) is 0.573. The minimum atomic E-state index is -1.20. The molecule has 0 aliphatic rings. The van der Waals surface area contributed by atoms with E-state index in [9.17, 15) is 19.5 Å². The van der Waals surface area contributed by atoms with Crippen molar-refractivity contribution in [2.45, 2.75) is 52.3 Å². The first kappa shape index (κ1) is 26.0. The van der Waals surface area contributed by atoms with Crippen LogP contribution in [0.25, 0.3) is 0 Å². The smallest absolute Gasteiger partial charge is 0.408 e. The molecule has 0 saturated heterocycles. The molecule has 8 nitrogen and oxygen atoms in total. The second-order valence-electron chi connectivity index (χ2n) is 8.70. The van der Waals surface area contributed by atoms with Gasteiger partial charge in [0.05, 0.1) is 10.7 Å². The molecular formula is C24H30ClN3O5. The van der Waals surface area contributed by atoms with Gasteiger partial charge in [-0.25, -0.2) is 4.79 Å². The van der Waals surface area contributed by atoms with Crippen LogP contribution in [-0.4, -0.2) is 46.6 Å². The van der Waals surface area contributed by atoms with Crippen LogP contribution in [0.2, 0.25) is 5.02 Å². The highest BCUT2D eigenvalue weighted by Crippen LogP contribution is 2.32. The van der Waals surface area contributed by atoms with Gasteiger partial charge in [0, 0.05) is 12.6 Å². The van der Waals surface area contributed by atoms with E-state index in [-0.39, 0.29) is 11.3 Å². The zero-order valence-corrected chi connectivity index (χ0v) is 20.4. The van der Waals surface area contributed by atoms with Gasteiger partial charge in [0.15, 0.2) is 0 Å². The highest BCUT2D eigenvalue weighted by Gasteiger charge is 2.34. The average Bonchev–Trinajstić information content (AvgIpc) is 2.70. The monoisotopic (exact) mass is 475 g/mol. The lowest BCUT2D eigenvalue weighted by molar-refractivity contribution is -0.138. The normalized spacial score (nSPS) is 12.9. The Morgan fingerprint density at radius 3 is 2.30 bits per heavy atom. The molecule has 0 aliphatic carbocycles. The number of anilines is 1. The number of para-hydroxylation sites is 2. The van der Waals surface area contributed by atoms with E-state index < -0.39 is 35.6 Å². The Morgan fingerprint density at radius 1 is 1.09 bits per heavy atom. The number of ether oxygens (including phenoxy) is 1. The summed E-state index contributed by atoms with van der Waals surface area (Å²) in [5.41, 5.74) is 0.635. The Morgan fingerprint density at radius 2 is 1.73 bits per heavy atom. The number of carbonyl (C=O) groups is 3. The van der Waals surface area contributed by atoms with Gasteiger partial charge in [0.1, 0.15) is 23.4 Å². The molecule has 0 radical (unpaired) electrons. The van der Waals surface area contributed by atoms with Gasteiger partial charge < -0.3 is 25.4 Å². The Hall–Kier alpha value is -3.26. The molecule has 0 heterocycles. The molecule has 3 N–H and O–H groups in total. The predicted octanol–water partition coefficient (Wildman–Crippen LogP) is 4.41. The first-order chi connectivity index (χ1) is 15.3. The number of aromatic hydroxyl groups is 1. The lowest BCUT2D eigenvalue weighted by Gasteiger charge is -2.31. The molecule has 2 aromatic carbocycles. The van der Waals surface area contributed by atoms with Crippen LogP contribution >= 0.6 is 11.6 Å². The molecule has 0 spiro atoms. The van der Waals surface area contributed by atoms with Crippen molar-refractivity contribution >= 4 is 35.2 Å². The molecule has 0 bridgehead atoms. The molecule has 0 saturated carbocycles. The summed E-state index contributed by atoms with van der Waals surface area (Å²) in [6, 6.07) is 9.24. The molecule has 0 aromatic heterocycles. The number of halogens is 1. The molecule has 2 rings (SSSR count). The summed E-state index contributed by atoms with van der Waals surface area (Å²) in [5, 5.41) is 16.0. The summed E-state index contributed by atoms with van der Waals surface area (Å²) >= 11 is 6.25. The van der Waals surface area contributed by atoms with Crippen molar-refractivity contribution in [3.63, 3.8) is 0 Å². The predicted molar refractivity (Wildman–Crippen MR) is 127 cm³/mol. The summed E-state index contributed by atoms with van der Waals surface area (Å²) in [6.45, 7) is 8.40. The number of aryl methyl sites for hydroxylation is 1. The molecule has 3 amide bonds. The number of amides is 3. The second-order valence-corrected chi connectivity index (χ2v) is 9.11. The van der Waals surface area contributed by atoms with E-state index in [2.05, 4.69) is 10.6 Å². The van der Waals surface area contributed by atoms with E-state index in [1.54, 1.807) is 64.1 Å². The number of benzene rings is 2. The molecule has 2 aromatic rings. The third-order valence-electron chi connectivity index (χ3n) is 4.79. The highest BCUT2D eigenvalue weighted by atomic mass is 35.5. The highest BCUT2D eigenvalue weighted by molar-refractivity contribution is 6.34. The van der Waals surface area contributed by atoms with Crippen LogP contribution in [0, 0.1) is 6.92 Å². The minimum absolute atomic E-state index is 0.152. The maximum atomic E-state index is 13.4. The maximum absolute atomic E-state index is 13.4. The molecule has 0 aliphatic heterocycles. The van der Waals surface area contributed by atoms with E-state index in [1.807, 2.05) is 0 Å². The third kappa shape index (κ3) is 6.86. The van der Waals surface area contributed by atoms with Crippen LogP contribution in [0.15, 0.2) is 42.5 Å². The number of nitrogens with zero attached hydrogens (tertiary/aromatic N) is 1. The first-order valence-corrected chi connectivity index (χ1v) is 10.8. The largest absolute Gasteiger partial charge is 0.508 e. The van der Waals surface area contributed by atoms with Crippen LogP contribution < -0.4 is 10.6 Å². The van der Waals surface area contributed by atoms with Crippen molar-refractivity contribution in [1.29, 1.82) is 0 Å². The van der Waals surface area contributed by atoms with Gasteiger partial charge in [-0.2, -0.15) is 0 Å². The van der Waals surface area contributed by atoms with Gasteiger partial charge in [-0.1, -0.05) is 41.9 Å². The fraction of sp³-hybridized carbons (Fsp3) is 0.375. The number of carbonyl (C=O) groups excluding carboxylic acids is 3. The van der Waals surface area contributed by atoms with Gasteiger partial charge >= 0.3 is 6.09 Å². The number of nitrogens with one attached hydrogen (secondary N) is 2. The van der Waals surface area contributed by atoms with E-state index in [0.717, 1.165) is 5.56 Å². The summed E-state index contributed by atoms with van der Waals surface area (Å²) in [4.78, 5) is 39.8. The number of hydrogen-bond acceptors (Lipinski definition) is 5. The van der Waals surface area contributed by atoms with Crippen LogP contribution in [0.3, 0.4) is 0 Å². The number of alkyl carbamates (subject to hydrolysis) is 1. The topological polar surface area (TPSA) is 108 Å². The Labute approximate surface area is 198 Å². The Bertz CT molecular complexity index is 1010. The van der Waals surface area contributed by atoms with E-state index in [0.29, 0.717) is 10.7 Å². The van der Waals surface area contributed by atoms with Crippen molar-refractivity contribution in [3.05, 3.63) is 58.6 Å². The Balaban J connectivity index is 2.34. The number of phenols is 1. The summed E-state index contributed by atoms with van der Waals surface area (Å²) < 4.78 is 5.20. The van der Waals surface area contributed by atoms with Crippen LogP contribution in [-0.2, 0) is 14.3 Å². The van der Waals surface area contributed by atoms with Crippen molar-refractivity contribution in [1.82, 2.24) is 10.2 Å². The van der Waals surface area contributed by atoms with Gasteiger partial charge in [-0.3, -0.25) is 9.59 Å². The number of phenolic OH excluding ortho intramolecular Hbond substituents is 1. The van der Waals surface area contributed by atoms with Gasteiger partial charge in [0.2, 0.25) is 5.91 Å². The van der Waals surface area contributed by atoms with Crippen molar-refractivity contribution in [3.8, 4) is 5.75 Å². The standard InChI is InChI=1S/C24H30ClN3O5/c1-14-10-9-12-17(25)19(14)27-21(30)20(16-11-7-8-13-18(16)29)28(6)22(31)15(2)26-23(32)33-24(3,4)5/h7-13,15,20,29H,1-6H3,(H,26,32)(H,27,30). The first-order valence-electron chi connectivity index (χ1n) is 10.4. The number of likely N-dealkylation sites (N-methyl/N-ethyl adjacent to an activating group) is 1. The second kappa shape index (κ2) is 10.6. The van der Waals surface area contributed by atoms with Crippen LogP contribution in [0.4, 0.5) is 10.5 Å². The van der Waals surface area contributed by atoms with Gasteiger partial charge in [-0.15, -0.1) is 0 Å². The zero-order valence-electron chi connectivity index (χ0n) is 19.6. The number of rotatable bonds is 6. The zero-order chi connectivity index (χ0) is 24.9. The number of hydrogen-bond donors (Lipinski definition) is 3. The van der Waals surface area contributed by atoms with Crippen LogP contribution in [0.1, 0.15) is 44.9 Å². The maximum Gasteiger partial charge on any atom is 0.408 e. The van der Waals surface area contributed by atoms with Gasteiger partial charge in [-0.05, 0) is 52.3 Å². The minimum Gasteiger partial charge on any atom is -0.508 e. The van der Waals surface area contributed by atoms with Crippen molar-refractivity contribution < 1.29 is 24.2 Å². The Kier molecular flexibility index (Phi) is 8.33. The van der Waals surface area contributed by atoms with E-state index in [1.165, 1.54) is 24.9 Å². The summed E-state index contributed by atoms with van der Waals surface area (Å²) in [6.07, 6.45) is -0.757. The van der Waals surface area contributed by atoms with E-state index in [4.69, 9.17) is 16.3 Å². The van der Waals surface area contributed by atoms with Crippen molar-refractivity contribution in [2.24, 2.45) is 0 Å². The third-order valence-corrected chi connectivity index (χ3v) is 5.10. The van der Waals surface area contributed by atoms with Crippen LogP contribution in [0.5, 0.6) is 5.75 Å². The molecule has 2 unspecified atom stereocenters. The lowest BCUT2D eigenvalue weighted by Crippen LogP contribution is -2.49. The summed E-state index contributed by atoms with van der Waals surface area (Å²) in [7, 11) is 1.42. The molecular weight excluding hydrogens is 446 g/mol. The van der Waals surface area contributed by atoms with Gasteiger partial charge in [0.25, 0.3) is 5.91 Å². The lowest BCUT2D eigenvalue weighted by atomic mass is 10.0. The fourth-order valence-corrected chi connectivity index (χ4v) is 3.47. The molecule has 0 fully saturated rings. The molecule has 2 atom stereocenters.